The lowest BCUT2D eigenvalue weighted by Crippen LogP contribution is -2.42. The maximum absolute atomic E-state index is 5.52. The van der Waals surface area contributed by atoms with Crippen LogP contribution in [0, 0.1) is 0 Å². The first-order chi connectivity index (χ1) is 8.79. The number of ether oxygens (including phenoxy) is 1. The molecule has 1 aliphatic rings. The van der Waals surface area contributed by atoms with Gasteiger partial charge in [0.2, 0.25) is 0 Å². The lowest BCUT2D eigenvalue weighted by atomic mass is 10.1. The smallest absolute Gasteiger partial charge is 0.119 e. The molecule has 0 amide bonds. The van der Waals surface area contributed by atoms with E-state index >= 15 is 0 Å². The molecule has 1 N–H and O–H groups in total. The SMILES string of the molecule is C=C(Cc1cccc(OCC)c1)N1CCNCC1. The van der Waals surface area contributed by atoms with Gasteiger partial charge in [-0.2, -0.15) is 0 Å². The summed E-state index contributed by atoms with van der Waals surface area (Å²) in [4.78, 5) is 2.36. The zero-order valence-corrected chi connectivity index (χ0v) is 11.1. The predicted octanol–water partition coefficient (Wildman–Crippen LogP) is 2.05. The highest BCUT2D eigenvalue weighted by molar-refractivity contribution is 5.30. The Balaban J connectivity index is 1.95. The third kappa shape index (κ3) is 3.50. The van der Waals surface area contributed by atoms with Gasteiger partial charge in [-0.05, 0) is 24.6 Å². The summed E-state index contributed by atoms with van der Waals surface area (Å²) >= 11 is 0. The molecule has 0 bridgehead atoms. The highest BCUT2D eigenvalue weighted by Gasteiger charge is 2.11. The van der Waals surface area contributed by atoms with E-state index in [0.717, 1.165) is 38.3 Å². The number of nitrogens with zero attached hydrogens (tertiary/aromatic N) is 1. The molecule has 98 valence electrons. The summed E-state index contributed by atoms with van der Waals surface area (Å²) < 4.78 is 5.52. The number of piperazine rings is 1. The molecule has 3 nitrogen and oxygen atoms in total. The van der Waals surface area contributed by atoms with Gasteiger partial charge in [0.25, 0.3) is 0 Å². The summed E-state index contributed by atoms with van der Waals surface area (Å²) in [5.41, 5.74) is 2.47. The van der Waals surface area contributed by atoms with Gasteiger partial charge in [0, 0.05) is 38.3 Å². The molecule has 0 aliphatic carbocycles. The summed E-state index contributed by atoms with van der Waals surface area (Å²) in [5, 5.41) is 3.36. The van der Waals surface area contributed by atoms with Crippen molar-refractivity contribution in [3.63, 3.8) is 0 Å². The molecule has 1 aromatic carbocycles. The van der Waals surface area contributed by atoms with E-state index in [9.17, 15) is 0 Å². The van der Waals surface area contributed by atoms with Crippen molar-refractivity contribution in [1.29, 1.82) is 0 Å². The molecule has 2 rings (SSSR count). The van der Waals surface area contributed by atoms with Gasteiger partial charge < -0.3 is 15.0 Å². The fourth-order valence-corrected chi connectivity index (χ4v) is 2.24. The first-order valence-corrected chi connectivity index (χ1v) is 6.65. The van der Waals surface area contributed by atoms with Crippen LogP contribution in [-0.4, -0.2) is 37.7 Å². The predicted molar refractivity (Wildman–Crippen MR) is 74.9 cm³/mol. The molecule has 3 heteroatoms. The number of allylic oxidation sites excluding steroid dienone is 1. The molecular weight excluding hydrogens is 224 g/mol. The molecule has 0 aromatic heterocycles. The minimum atomic E-state index is 0.711. The molecule has 1 aliphatic heterocycles. The monoisotopic (exact) mass is 246 g/mol. The zero-order chi connectivity index (χ0) is 12.8. The second kappa shape index (κ2) is 6.45. The number of benzene rings is 1. The summed E-state index contributed by atoms with van der Waals surface area (Å²) in [5.74, 6) is 0.947. The second-order valence-corrected chi connectivity index (χ2v) is 4.56. The maximum Gasteiger partial charge on any atom is 0.119 e. The Morgan fingerprint density at radius 3 is 2.89 bits per heavy atom. The summed E-state index contributed by atoms with van der Waals surface area (Å²) in [6, 6.07) is 8.29. The van der Waals surface area contributed by atoms with Crippen LogP contribution in [-0.2, 0) is 6.42 Å². The van der Waals surface area contributed by atoms with Gasteiger partial charge in [-0.15, -0.1) is 0 Å². The van der Waals surface area contributed by atoms with Gasteiger partial charge in [0.05, 0.1) is 6.61 Å². The summed E-state index contributed by atoms with van der Waals surface area (Å²) in [7, 11) is 0. The molecule has 0 unspecified atom stereocenters. The summed E-state index contributed by atoms with van der Waals surface area (Å²) in [6.45, 7) is 11.1. The van der Waals surface area contributed by atoms with Crippen LogP contribution in [0.15, 0.2) is 36.5 Å². The fraction of sp³-hybridized carbons (Fsp3) is 0.467. The summed E-state index contributed by atoms with van der Waals surface area (Å²) in [6.07, 6.45) is 0.904. The Labute approximate surface area is 109 Å². The second-order valence-electron chi connectivity index (χ2n) is 4.56. The number of rotatable bonds is 5. The third-order valence-electron chi connectivity index (χ3n) is 3.18. The van der Waals surface area contributed by atoms with E-state index in [1.807, 2.05) is 19.1 Å². The van der Waals surface area contributed by atoms with E-state index in [1.54, 1.807) is 0 Å². The molecule has 1 saturated heterocycles. The quantitative estimate of drug-likeness (QED) is 0.860. The van der Waals surface area contributed by atoms with E-state index in [4.69, 9.17) is 4.74 Å². The lowest BCUT2D eigenvalue weighted by molar-refractivity contribution is 0.295. The Morgan fingerprint density at radius 1 is 1.39 bits per heavy atom. The Kier molecular flexibility index (Phi) is 4.65. The van der Waals surface area contributed by atoms with Gasteiger partial charge in [0.1, 0.15) is 5.75 Å². The minimum absolute atomic E-state index is 0.711. The molecule has 0 atom stereocenters. The van der Waals surface area contributed by atoms with Crippen LogP contribution in [0.1, 0.15) is 12.5 Å². The molecule has 1 fully saturated rings. The van der Waals surface area contributed by atoms with Crippen molar-refractivity contribution in [3.05, 3.63) is 42.1 Å². The van der Waals surface area contributed by atoms with Gasteiger partial charge in [-0.1, -0.05) is 18.7 Å². The first-order valence-electron chi connectivity index (χ1n) is 6.65. The zero-order valence-electron chi connectivity index (χ0n) is 11.1. The average molecular weight is 246 g/mol. The van der Waals surface area contributed by atoms with Crippen molar-refractivity contribution < 1.29 is 4.74 Å². The van der Waals surface area contributed by atoms with E-state index in [0.29, 0.717) is 6.61 Å². The highest BCUT2D eigenvalue weighted by atomic mass is 16.5. The largest absolute Gasteiger partial charge is 0.494 e. The number of nitrogens with one attached hydrogen (secondary N) is 1. The van der Waals surface area contributed by atoms with Gasteiger partial charge in [0.15, 0.2) is 0 Å². The van der Waals surface area contributed by atoms with Crippen LogP contribution in [0.5, 0.6) is 5.75 Å². The van der Waals surface area contributed by atoms with Crippen LogP contribution in [0.25, 0.3) is 0 Å². The Morgan fingerprint density at radius 2 is 2.17 bits per heavy atom. The average Bonchev–Trinajstić information content (AvgIpc) is 2.40. The van der Waals surface area contributed by atoms with Crippen molar-refractivity contribution in [1.82, 2.24) is 10.2 Å². The van der Waals surface area contributed by atoms with Crippen LogP contribution in [0.4, 0.5) is 0 Å². The molecule has 0 saturated carbocycles. The van der Waals surface area contributed by atoms with Crippen molar-refractivity contribution >= 4 is 0 Å². The topological polar surface area (TPSA) is 24.5 Å². The molecule has 18 heavy (non-hydrogen) atoms. The number of hydrogen-bond acceptors (Lipinski definition) is 3. The van der Waals surface area contributed by atoms with Gasteiger partial charge >= 0.3 is 0 Å². The van der Waals surface area contributed by atoms with Crippen molar-refractivity contribution in [3.8, 4) is 5.75 Å². The minimum Gasteiger partial charge on any atom is -0.494 e. The number of hydrogen-bond donors (Lipinski definition) is 1. The van der Waals surface area contributed by atoms with Crippen molar-refractivity contribution in [2.45, 2.75) is 13.3 Å². The molecule has 0 spiro atoms. The van der Waals surface area contributed by atoms with Gasteiger partial charge in [-0.25, -0.2) is 0 Å². The van der Waals surface area contributed by atoms with Crippen LogP contribution in [0.2, 0.25) is 0 Å². The van der Waals surface area contributed by atoms with Crippen molar-refractivity contribution in [2.24, 2.45) is 0 Å². The van der Waals surface area contributed by atoms with E-state index < -0.39 is 0 Å². The normalized spacial score (nSPS) is 15.5. The van der Waals surface area contributed by atoms with E-state index in [1.165, 1.54) is 11.3 Å². The molecule has 1 aromatic rings. The molecular formula is C15H22N2O. The maximum atomic E-state index is 5.52. The van der Waals surface area contributed by atoms with Crippen LogP contribution < -0.4 is 10.1 Å². The lowest BCUT2D eigenvalue weighted by Gasteiger charge is -2.31. The Bertz CT molecular complexity index is 397. The van der Waals surface area contributed by atoms with Gasteiger partial charge in [-0.3, -0.25) is 0 Å². The van der Waals surface area contributed by atoms with Crippen LogP contribution >= 0.6 is 0 Å². The molecule has 1 heterocycles. The molecule has 0 radical (unpaired) electrons. The van der Waals surface area contributed by atoms with E-state index in [-0.39, 0.29) is 0 Å². The first kappa shape index (κ1) is 13.0. The third-order valence-corrected chi connectivity index (χ3v) is 3.18. The standard InChI is InChI=1S/C15H22N2O/c1-3-18-15-6-4-5-14(12-15)11-13(2)17-9-7-16-8-10-17/h4-6,12,16H,2-3,7-11H2,1H3. The Hall–Kier alpha value is -1.48. The van der Waals surface area contributed by atoms with Crippen molar-refractivity contribution in [2.75, 3.05) is 32.8 Å². The van der Waals surface area contributed by atoms with E-state index in [2.05, 4.69) is 28.9 Å². The van der Waals surface area contributed by atoms with Crippen LogP contribution in [0.3, 0.4) is 0 Å². The fourth-order valence-electron chi connectivity index (χ4n) is 2.24. The highest BCUT2D eigenvalue weighted by Crippen LogP contribution is 2.17.